The van der Waals surface area contributed by atoms with E-state index in [9.17, 15) is 9.59 Å². The molecular formula is C13H14BrNO4. The van der Waals surface area contributed by atoms with E-state index in [1.807, 2.05) is 0 Å². The van der Waals surface area contributed by atoms with Crippen LogP contribution in [0.3, 0.4) is 0 Å². The predicted octanol–water partition coefficient (Wildman–Crippen LogP) is 2.28. The minimum absolute atomic E-state index is 0.0178. The van der Waals surface area contributed by atoms with Gasteiger partial charge in [-0.3, -0.25) is 4.79 Å². The minimum atomic E-state index is -0.404. The second kappa shape index (κ2) is 6.06. The molecule has 1 aliphatic heterocycles. The van der Waals surface area contributed by atoms with E-state index in [0.717, 1.165) is 15.7 Å². The lowest BCUT2D eigenvalue weighted by atomic mass is 10.0. The molecule has 0 atom stereocenters. The molecule has 1 N–H and O–H groups in total. The van der Waals surface area contributed by atoms with E-state index in [4.69, 9.17) is 9.47 Å². The number of nitrogens with one attached hydrogen (secondary N) is 1. The maximum absolute atomic E-state index is 11.4. The van der Waals surface area contributed by atoms with Gasteiger partial charge in [-0.05, 0) is 41.4 Å². The molecular weight excluding hydrogens is 314 g/mol. The lowest BCUT2D eigenvalue weighted by molar-refractivity contribution is -0.145. The van der Waals surface area contributed by atoms with Gasteiger partial charge >= 0.3 is 5.97 Å². The molecule has 1 aliphatic rings. The highest BCUT2D eigenvalue weighted by atomic mass is 79.9. The largest absolute Gasteiger partial charge is 0.482 e. The SMILES string of the molecule is CCOC(=O)COc1ccc(Br)c2c1CCC(=O)N2. The Morgan fingerprint density at radius 2 is 2.21 bits per heavy atom. The Labute approximate surface area is 119 Å². The third-order valence-corrected chi connectivity index (χ3v) is 3.40. The number of anilines is 1. The van der Waals surface area contributed by atoms with Crippen LogP contribution in [0.15, 0.2) is 16.6 Å². The molecule has 0 aliphatic carbocycles. The van der Waals surface area contributed by atoms with Crippen molar-refractivity contribution < 1.29 is 19.1 Å². The fraction of sp³-hybridized carbons (Fsp3) is 0.385. The van der Waals surface area contributed by atoms with Gasteiger partial charge in [0, 0.05) is 16.5 Å². The summed E-state index contributed by atoms with van der Waals surface area (Å²) in [5, 5.41) is 2.80. The number of halogens is 1. The Morgan fingerprint density at radius 1 is 1.42 bits per heavy atom. The van der Waals surface area contributed by atoms with E-state index >= 15 is 0 Å². The van der Waals surface area contributed by atoms with Crippen molar-refractivity contribution in [3.63, 3.8) is 0 Å². The molecule has 5 nitrogen and oxygen atoms in total. The van der Waals surface area contributed by atoms with Gasteiger partial charge in [-0.15, -0.1) is 0 Å². The van der Waals surface area contributed by atoms with E-state index < -0.39 is 5.97 Å². The summed E-state index contributed by atoms with van der Waals surface area (Å²) in [4.78, 5) is 22.7. The average molecular weight is 328 g/mol. The molecule has 0 bridgehead atoms. The summed E-state index contributed by atoms with van der Waals surface area (Å²) in [5.41, 5.74) is 1.62. The Morgan fingerprint density at radius 3 is 2.95 bits per heavy atom. The highest BCUT2D eigenvalue weighted by Crippen LogP contribution is 2.37. The van der Waals surface area contributed by atoms with Gasteiger partial charge in [0.2, 0.25) is 5.91 Å². The third kappa shape index (κ3) is 3.26. The van der Waals surface area contributed by atoms with Crippen LogP contribution in [0.4, 0.5) is 5.69 Å². The van der Waals surface area contributed by atoms with E-state index in [1.54, 1.807) is 19.1 Å². The van der Waals surface area contributed by atoms with Gasteiger partial charge in [-0.2, -0.15) is 0 Å². The lowest BCUT2D eigenvalue weighted by Crippen LogP contribution is -2.21. The predicted molar refractivity (Wildman–Crippen MR) is 73.2 cm³/mol. The number of benzene rings is 1. The van der Waals surface area contributed by atoms with Crippen molar-refractivity contribution >= 4 is 33.5 Å². The van der Waals surface area contributed by atoms with Gasteiger partial charge in [0.1, 0.15) is 5.75 Å². The zero-order valence-electron chi connectivity index (χ0n) is 10.5. The van der Waals surface area contributed by atoms with Crippen molar-refractivity contribution in [2.75, 3.05) is 18.5 Å². The Kier molecular flexibility index (Phi) is 4.42. The Hall–Kier alpha value is -1.56. The van der Waals surface area contributed by atoms with Crippen molar-refractivity contribution in [3.05, 3.63) is 22.2 Å². The summed E-state index contributed by atoms with van der Waals surface area (Å²) in [5.74, 6) is 0.181. The monoisotopic (exact) mass is 327 g/mol. The number of fused-ring (bicyclic) bond motifs is 1. The van der Waals surface area contributed by atoms with Crippen LogP contribution in [0.25, 0.3) is 0 Å². The van der Waals surface area contributed by atoms with Crippen molar-refractivity contribution in [1.29, 1.82) is 0 Å². The molecule has 102 valence electrons. The molecule has 1 aromatic rings. The number of hydrogen-bond donors (Lipinski definition) is 1. The molecule has 0 fully saturated rings. The van der Waals surface area contributed by atoms with Crippen LogP contribution >= 0.6 is 15.9 Å². The number of amides is 1. The number of esters is 1. The molecule has 6 heteroatoms. The molecule has 1 aromatic carbocycles. The van der Waals surface area contributed by atoms with Crippen LogP contribution in [-0.4, -0.2) is 25.1 Å². The first-order valence-electron chi connectivity index (χ1n) is 6.01. The molecule has 19 heavy (non-hydrogen) atoms. The van der Waals surface area contributed by atoms with Crippen LogP contribution in [0.5, 0.6) is 5.75 Å². The van der Waals surface area contributed by atoms with Crippen molar-refractivity contribution in [2.45, 2.75) is 19.8 Å². The second-order valence-electron chi connectivity index (χ2n) is 4.04. The Balaban J connectivity index is 2.16. The molecule has 0 unspecified atom stereocenters. The lowest BCUT2D eigenvalue weighted by Gasteiger charge is -2.21. The molecule has 0 aromatic heterocycles. The first-order chi connectivity index (χ1) is 9.11. The van der Waals surface area contributed by atoms with Crippen LogP contribution in [0.2, 0.25) is 0 Å². The zero-order valence-corrected chi connectivity index (χ0v) is 12.1. The van der Waals surface area contributed by atoms with E-state index in [0.29, 0.717) is 25.2 Å². The standard InChI is InChI=1S/C13H14BrNO4/c1-2-18-12(17)7-19-10-5-4-9(14)13-8(10)3-6-11(16)15-13/h4-5H,2-3,6-7H2,1H3,(H,15,16). The number of carbonyl (C=O) groups excluding carboxylic acids is 2. The van der Waals surface area contributed by atoms with Gasteiger partial charge in [0.05, 0.1) is 12.3 Å². The zero-order chi connectivity index (χ0) is 13.8. The van der Waals surface area contributed by atoms with E-state index in [1.165, 1.54) is 0 Å². The summed E-state index contributed by atoms with van der Waals surface area (Å²) in [7, 11) is 0. The molecule has 1 amide bonds. The summed E-state index contributed by atoms with van der Waals surface area (Å²) < 4.78 is 11.1. The van der Waals surface area contributed by atoms with E-state index in [2.05, 4.69) is 21.2 Å². The molecule has 0 saturated heterocycles. The van der Waals surface area contributed by atoms with Gasteiger partial charge in [-0.25, -0.2) is 4.79 Å². The molecule has 1 heterocycles. The van der Waals surface area contributed by atoms with Crippen molar-refractivity contribution in [2.24, 2.45) is 0 Å². The van der Waals surface area contributed by atoms with Crippen LogP contribution < -0.4 is 10.1 Å². The quantitative estimate of drug-likeness (QED) is 0.861. The van der Waals surface area contributed by atoms with E-state index in [-0.39, 0.29) is 12.5 Å². The van der Waals surface area contributed by atoms with Crippen molar-refractivity contribution in [3.8, 4) is 5.75 Å². The summed E-state index contributed by atoms with van der Waals surface area (Å²) in [6.45, 7) is 1.95. The molecule has 0 saturated carbocycles. The highest BCUT2D eigenvalue weighted by Gasteiger charge is 2.21. The van der Waals surface area contributed by atoms with Crippen LogP contribution in [-0.2, 0) is 20.7 Å². The Bertz CT molecular complexity index is 516. The van der Waals surface area contributed by atoms with Gasteiger partial charge in [-0.1, -0.05) is 0 Å². The smallest absolute Gasteiger partial charge is 0.344 e. The van der Waals surface area contributed by atoms with Gasteiger partial charge in [0.25, 0.3) is 0 Å². The minimum Gasteiger partial charge on any atom is -0.482 e. The van der Waals surface area contributed by atoms with Crippen molar-refractivity contribution in [1.82, 2.24) is 0 Å². The van der Waals surface area contributed by atoms with Crippen LogP contribution in [0.1, 0.15) is 18.9 Å². The second-order valence-corrected chi connectivity index (χ2v) is 4.90. The highest BCUT2D eigenvalue weighted by molar-refractivity contribution is 9.10. The van der Waals surface area contributed by atoms with Crippen LogP contribution in [0, 0.1) is 0 Å². The van der Waals surface area contributed by atoms with Gasteiger partial charge < -0.3 is 14.8 Å². The summed E-state index contributed by atoms with van der Waals surface area (Å²) >= 11 is 3.39. The fourth-order valence-corrected chi connectivity index (χ4v) is 2.37. The molecule has 0 spiro atoms. The average Bonchev–Trinajstić information content (AvgIpc) is 2.39. The maximum atomic E-state index is 11.4. The topological polar surface area (TPSA) is 64.6 Å². The number of rotatable bonds is 4. The van der Waals surface area contributed by atoms with Gasteiger partial charge in [0.15, 0.2) is 6.61 Å². The number of ether oxygens (including phenoxy) is 2. The maximum Gasteiger partial charge on any atom is 0.344 e. The fourth-order valence-electron chi connectivity index (χ4n) is 1.90. The first kappa shape index (κ1) is 13.9. The normalized spacial score (nSPS) is 13.5. The number of hydrogen-bond acceptors (Lipinski definition) is 4. The number of carbonyl (C=O) groups is 2. The third-order valence-electron chi connectivity index (χ3n) is 2.74. The molecule has 0 radical (unpaired) electrons. The molecule has 2 rings (SSSR count). The summed E-state index contributed by atoms with van der Waals surface area (Å²) in [6.07, 6.45) is 1.01. The first-order valence-corrected chi connectivity index (χ1v) is 6.80. The summed E-state index contributed by atoms with van der Waals surface area (Å²) in [6, 6.07) is 3.56.